The Morgan fingerprint density at radius 1 is 1.42 bits per heavy atom. The molecule has 1 rings (SSSR count). The number of amides is 2. The maximum absolute atomic E-state index is 11.7. The molecule has 19 heavy (non-hydrogen) atoms. The molecule has 0 atom stereocenters. The minimum absolute atomic E-state index is 0.138. The molecule has 1 aromatic heterocycles. The Morgan fingerprint density at radius 3 is 2.74 bits per heavy atom. The lowest BCUT2D eigenvalue weighted by Gasteiger charge is -2.16. The van der Waals surface area contributed by atoms with Crippen molar-refractivity contribution in [3.8, 4) is 0 Å². The van der Waals surface area contributed by atoms with Crippen molar-refractivity contribution >= 4 is 34.9 Å². The number of carboxylic acid groups (broad SMARTS) is 1. The van der Waals surface area contributed by atoms with E-state index in [4.69, 9.17) is 16.7 Å². The zero-order valence-corrected chi connectivity index (χ0v) is 12.3. The van der Waals surface area contributed by atoms with Gasteiger partial charge in [-0.1, -0.05) is 11.6 Å². The summed E-state index contributed by atoms with van der Waals surface area (Å²) in [4.78, 5) is 24.6. The first kappa shape index (κ1) is 15.8. The number of rotatable bonds is 7. The van der Waals surface area contributed by atoms with Gasteiger partial charge in [-0.15, -0.1) is 11.3 Å². The molecule has 0 aliphatic rings. The summed E-state index contributed by atoms with van der Waals surface area (Å²) in [6.07, 6.45) is 1.37. The normalized spacial score (nSPS) is 10.2. The van der Waals surface area contributed by atoms with Gasteiger partial charge in [0.2, 0.25) is 0 Å². The maximum Gasteiger partial charge on any atom is 0.317 e. The van der Waals surface area contributed by atoms with Gasteiger partial charge in [-0.3, -0.25) is 4.79 Å². The Morgan fingerprint density at radius 2 is 2.16 bits per heavy atom. The highest BCUT2D eigenvalue weighted by Gasteiger charge is 2.09. The van der Waals surface area contributed by atoms with E-state index >= 15 is 0 Å². The topological polar surface area (TPSA) is 69.6 Å². The predicted octanol–water partition coefficient (Wildman–Crippen LogP) is 2.80. The van der Waals surface area contributed by atoms with Crippen LogP contribution < -0.4 is 5.32 Å². The molecule has 2 N–H and O–H groups in total. The van der Waals surface area contributed by atoms with Crippen molar-refractivity contribution in [2.45, 2.75) is 25.8 Å². The van der Waals surface area contributed by atoms with Gasteiger partial charge in [0.25, 0.3) is 0 Å². The van der Waals surface area contributed by atoms with Crippen molar-refractivity contribution in [3.63, 3.8) is 0 Å². The summed E-state index contributed by atoms with van der Waals surface area (Å²) in [6.45, 7) is 1.000. The van der Waals surface area contributed by atoms with E-state index in [1.165, 1.54) is 11.3 Å². The number of urea groups is 1. The average molecular weight is 305 g/mol. The van der Waals surface area contributed by atoms with Crippen LogP contribution in [0.2, 0.25) is 4.34 Å². The lowest BCUT2D eigenvalue weighted by molar-refractivity contribution is -0.137. The first-order valence-electron chi connectivity index (χ1n) is 5.94. The van der Waals surface area contributed by atoms with Gasteiger partial charge in [0.15, 0.2) is 0 Å². The van der Waals surface area contributed by atoms with E-state index in [0.29, 0.717) is 30.3 Å². The van der Waals surface area contributed by atoms with E-state index < -0.39 is 5.97 Å². The second kappa shape index (κ2) is 8.01. The molecule has 0 fully saturated rings. The molecule has 0 saturated carbocycles. The number of carbonyl (C=O) groups is 2. The number of nitrogens with one attached hydrogen (secondary N) is 1. The SMILES string of the molecule is CN(Cc1ccc(Cl)s1)C(=O)NCCCCC(=O)O. The third-order valence-electron chi connectivity index (χ3n) is 2.46. The van der Waals surface area contributed by atoms with Crippen LogP contribution in [0.3, 0.4) is 0 Å². The number of halogens is 1. The van der Waals surface area contributed by atoms with Crippen LogP contribution >= 0.6 is 22.9 Å². The van der Waals surface area contributed by atoms with Crippen LogP contribution in [0.15, 0.2) is 12.1 Å². The number of carboxylic acids is 1. The van der Waals surface area contributed by atoms with E-state index in [0.717, 1.165) is 4.88 Å². The van der Waals surface area contributed by atoms with Crippen molar-refractivity contribution in [2.24, 2.45) is 0 Å². The number of aliphatic carboxylic acids is 1. The van der Waals surface area contributed by atoms with E-state index in [-0.39, 0.29) is 12.5 Å². The Labute approximate surface area is 121 Å². The first-order chi connectivity index (χ1) is 8.99. The van der Waals surface area contributed by atoms with Crippen molar-refractivity contribution in [2.75, 3.05) is 13.6 Å². The quantitative estimate of drug-likeness (QED) is 0.761. The molecule has 0 aromatic carbocycles. The molecule has 0 unspecified atom stereocenters. The summed E-state index contributed by atoms with van der Waals surface area (Å²) in [5, 5.41) is 11.2. The van der Waals surface area contributed by atoms with Crippen molar-refractivity contribution in [1.82, 2.24) is 10.2 Å². The number of unbranched alkanes of at least 4 members (excludes halogenated alkanes) is 1. The van der Waals surface area contributed by atoms with E-state index in [1.54, 1.807) is 18.0 Å². The molecule has 5 nitrogen and oxygen atoms in total. The average Bonchev–Trinajstić information content (AvgIpc) is 2.73. The Kier molecular flexibility index (Phi) is 6.66. The fourth-order valence-electron chi connectivity index (χ4n) is 1.47. The summed E-state index contributed by atoms with van der Waals surface area (Å²) in [6, 6.07) is 3.53. The Bertz CT molecular complexity index is 436. The molecule has 2 amide bonds. The highest BCUT2D eigenvalue weighted by molar-refractivity contribution is 7.16. The van der Waals surface area contributed by atoms with Crippen LogP contribution in [-0.2, 0) is 11.3 Å². The maximum atomic E-state index is 11.7. The minimum Gasteiger partial charge on any atom is -0.481 e. The zero-order valence-electron chi connectivity index (χ0n) is 10.7. The van der Waals surface area contributed by atoms with Gasteiger partial charge >= 0.3 is 12.0 Å². The van der Waals surface area contributed by atoms with Gasteiger partial charge in [-0.2, -0.15) is 0 Å². The molecule has 1 heterocycles. The summed E-state index contributed by atoms with van der Waals surface area (Å²) < 4.78 is 0.706. The van der Waals surface area contributed by atoms with Crippen LogP contribution in [0, 0.1) is 0 Å². The monoisotopic (exact) mass is 304 g/mol. The van der Waals surface area contributed by atoms with E-state index in [9.17, 15) is 9.59 Å². The fraction of sp³-hybridized carbons (Fsp3) is 0.500. The molecule has 0 spiro atoms. The Balaban J connectivity index is 2.20. The van der Waals surface area contributed by atoms with Crippen molar-refractivity contribution in [1.29, 1.82) is 0 Å². The summed E-state index contributed by atoms with van der Waals surface area (Å²) in [5.41, 5.74) is 0. The van der Waals surface area contributed by atoms with Crippen LogP contribution in [0.25, 0.3) is 0 Å². The minimum atomic E-state index is -0.807. The fourth-order valence-corrected chi connectivity index (χ4v) is 2.61. The molecule has 0 radical (unpaired) electrons. The molecule has 0 aliphatic carbocycles. The molecule has 7 heteroatoms. The molecule has 1 aromatic rings. The molecule has 0 aliphatic heterocycles. The van der Waals surface area contributed by atoms with E-state index in [1.807, 2.05) is 6.07 Å². The molecular weight excluding hydrogens is 288 g/mol. The third kappa shape index (κ3) is 6.45. The van der Waals surface area contributed by atoms with Gasteiger partial charge in [-0.25, -0.2) is 4.79 Å². The van der Waals surface area contributed by atoms with Crippen LogP contribution in [0.1, 0.15) is 24.1 Å². The summed E-state index contributed by atoms with van der Waals surface area (Å²) >= 11 is 7.27. The first-order valence-corrected chi connectivity index (χ1v) is 7.13. The van der Waals surface area contributed by atoms with Crippen LogP contribution in [0.4, 0.5) is 4.79 Å². The van der Waals surface area contributed by atoms with Gasteiger partial charge in [0.05, 0.1) is 10.9 Å². The predicted molar refractivity (Wildman–Crippen MR) is 75.7 cm³/mol. The Hall–Kier alpha value is -1.27. The van der Waals surface area contributed by atoms with Crippen LogP contribution in [-0.4, -0.2) is 35.6 Å². The highest BCUT2D eigenvalue weighted by atomic mass is 35.5. The zero-order chi connectivity index (χ0) is 14.3. The smallest absolute Gasteiger partial charge is 0.317 e. The molecular formula is C12H17ClN2O3S. The van der Waals surface area contributed by atoms with Crippen molar-refractivity contribution < 1.29 is 14.7 Å². The highest BCUT2D eigenvalue weighted by Crippen LogP contribution is 2.22. The number of hydrogen-bond acceptors (Lipinski definition) is 3. The molecule has 106 valence electrons. The number of carbonyl (C=O) groups excluding carboxylic acids is 1. The number of nitrogens with zero attached hydrogens (tertiary/aromatic N) is 1. The van der Waals surface area contributed by atoms with Gasteiger partial charge in [-0.05, 0) is 25.0 Å². The van der Waals surface area contributed by atoms with Crippen LogP contribution in [0.5, 0.6) is 0 Å². The lowest BCUT2D eigenvalue weighted by Crippen LogP contribution is -2.37. The van der Waals surface area contributed by atoms with Gasteiger partial charge in [0.1, 0.15) is 0 Å². The molecule has 0 saturated heterocycles. The largest absolute Gasteiger partial charge is 0.481 e. The standard InChI is InChI=1S/C12H17ClN2O3S/c1-15(8-9-5-6-10(13)19-9)12(18)14-7-3-2-4-11(16)17/h5-6H,2-4,7-8H2,1H3,(H,14,18)(H,16,17). The molecule has 0 bridgehead atoms. The second-order valence-electron chi connectivity index (χ2n) is 4.14. The van der Waals surface area contributed by atoms with Gasteiger partial charge < -0.3 is 15.3 Å². The van der Waals surface area contributed by atoms with E-state index in [2.05, 4.69) is 5.32 Å². The second-order valence-corrected chi connectivity index (χ2v) is 5.94. The van der Waals surface area contributed by atoms with Crippen molar-refractivity contribution in [3.05, 3.63) is 21.3 Å². The number of thiophene rings is 1. The summed E-state index contributed by atoms with van der Waals surface area (Å²) in [7, 11) is 1.71. The summed E-state index contributed by atoms with van der Waals surface area (Å²) in [5.74, 6) is -0.807. The lowest BCUT2D eigenvalue weighted by atomic mass is 10.2. The third-order valence-corrected chi connectivity index (χ3v) is 3.68. The number of hydrogen-bond donors (Lipinski definition) is 2. The van der Waals surface area contributed by atoms with Gasteiger partial charge in [0, 0.05) is 24.9 Å².